The van der Waals surface area contributed by atoms with Crippen LogP contribution < -0.4 is 10.1 Å². The first-order valence-electron chi connectivity index (χ1n) is 6.42. The van der Waals surface area contributed by atoms with Gasteiger partial charge in [-0.25, -0.2) is 0 Å². The van der Waals surface area contributed by atoms with Gasteiger partial charge in [-0.1, -0.05) is 37.0 Å². The van der Waals surface area contributed by atoms with Gasteiger partial charge in [-0.3, -0.25) is 4.79 Å². The number of benzene rings is 1. The Kier molecular flexibility index (Phi) is 7.13. The third kappa shape index (κ3) is 5.57. The Bertz CT molecular complexity index is 452. The van der Waals surface area contributed by atoms with Gasteiger partial charge in [0.15, 0.2) is 6.61 Å². The van der Waals surface area contributed by atoms with Crippen LogP contribution in [0.3, 0.4) is 0 Å². The summed E-state index contributed by atoms with van der Waals surface area (Å²) in [6.07, 6.45) is 0.519. The maximum Gasteiger partial charge on any atom is 0.258 e. The van der Waals surface area contributed by atoms with Crippen LogP contribution in [-0.2, 0) is 4.79 Å². The molecule has 1 aromatic rings. The van der Waals surface area contributed by atoms with Crippen LogP contribution in [0.15, 0.2) is 18.2 Å². The molecule has 0 aliphatic heterocycles. The minimum atomic E-state index is -0.247. The predicted molar refractivity (Wildman–Crippen MR) is 80.4 cm³/mol. The number of nitrogens with one attached hydrogen (secondary N) is 1. The molecule has 1 rings (SSSR count). The average Bonchev–Trinajstić information content (AvgIpc) is 2.37. The van der Waals surface area contributed by atoms with Crippen molar-refractivity contribution in [3.8, 4) is 5.75 Å². The van der Waals surface area contributed by atoms with Gasteiger partial charge >= 0.3 is 0 Å². The fourth-order valence-electron chi connectivity index (χ4n) is 1.70. The van der Waals surface area contributed by atoms with E-state index in [1.807, 2.05) is 13.8 Å². The predicted octanol–water partition coefficient (Wildman–Crippen LogP) is 2.90. The van der Waals surface area contributed by atoms with Crippen LogP contribution in [-0.4, -0.2) is 30.3 Å². The number of rotatable bonds is 7. The topological polar surface area (TPSA) is 58.6 Å². The number of halogens is 2. The molecular formula is C14H19Cl2NO3. The Morgan fingerprint density at radius 3 is 2.65 bits per heavy atom. The zero-order valence-electron chi connectivity index (χ0n) is 11.5. The van der Waals surface area contributed by atoms with Crippen LogP contribution >= 0.6 is 23.2 Å². The van der Waals surface area contributed by atoms with E-state index in [2.05, 4.69) is 5.32 Å². The molecule has 0 radical (unpaired) electrons. The van der Waals surface area contributed by atoms with Crippen LogP contribution in [0.5, 0.6) is 5.75 Å². The number of ether oxygens (including phenoxy) is 1. The number of aliphatic hydroxyl groups excluding tert-OH is 1. The summed E-state index contributed by atoms with van der Waals surface area (Å²) in [5.41, 5.74) is 0. The quantitative estimate of drug-likeness (QED) is 0.812. The molecule has 20 heavy (non-hydrogen) atoms. The lowest BCUT2D eigenvalue weighted by Crippen LogP contribution is -2.41. The Morgan fingerprint density at radius 2 is 2.10 bits per heavy atom. The summed E-state index contributed by atoms with van der Waals surface area (Å²) in [5.74, 6) is 0.405. The molecule has 0 saturated heterocycles. The molecule has 0 saturated carbocycles. The summed E-state index contributed by atoms with van der Waals surface area (Å²) < 4.78 is 5.35. The number of aliphatic hydroxyl groups is 1. The molecule has 1 unspecified atom stereocenters. The van der Waals surface area contributed by atoms with E-state index in [9.17, 15) is 4.79 Å². The first kappa shape index (κ1) is 17.1. The number of hydrogen-bond donors (Lipinski definition) is 2. The van der Waals surface area contributed by atoms with Crippen LogP contribution in [0.2, 0.25) is 10.0 Å². The number of amides is 1. The van der Waals surface area contributed by atoms with Gasteiger partial charge in [0.1, 0.15) is 5.75 Å². The van der Waals surface area contributed by atoms with Crippen LogP contribution in [0.1, 0.15) is 20.3 Å². The van der Waals surface area contributed by atoms with Crippen molar-refractivity contribution in [1.29, 1.82) is 0 Å². The SMILES string of the molecule is CC(C)C(CCO)NC(=O)COc1ccc(Cl)cc1Cl. The summed E-state index contributed by atoms with van der Waals surface area (Å²) in [6.45, 7) is 3.87. The Hall–Kier alpha value is -0.970. The van der Waals surface area contributed by atoms with E-state index < -0.39 is 0 Å². The highest BCUT2D eigenvalue weighted by molar-refractivity contribution is 6.35. The monoisotopic (exact) mass is 319 g/mol. The van der Waals surface area contributed by atoms with Crippen molar-refractivity contribution in [3.63, 3.8) is 0 Å². The summed E-state index contributed by atoms with van der Waals surface area (Å²) in [6, 6.07) is 4.74. The smallest absolute Gasteiger partial charge is 0.258 e. The molecule has 0 aliphatic rings. The number of hydrogen-bond acceptors (Lipinski definition) is 3. The zero-order chi connectivity index (χ0) is 15.1. The second-order valence-electron chi connectivity index (χ2n) is 4.79. The summed E-state index contributed by atoms with van der Waals surface area (Å²) in [7, 11) is 0. The van der Waals surface area contributed by atoms with Gasteiger partial charge in [-0.2, -0.15) is 0 Å². The second-order valence-corrected chi connectivity index (χ2v) is 5.64. The minimum Gasteiger partial charge on any atom is -0.482 e. The van der Waals surface area contributed by atoms with E-state index >= 15 is 0 Å². The van der Waals surface area contributed by atoms with E-state index in [1.165, 1.54) is 0 Å². The maximum atomic E-state index is 11.8. The normalized spacial score (nSPS) is 12.3. The molecule has 0 aliphatic carbocycles. The highest BCUT2D eigenvalue weighted by Gasteiger charge is 2.16. The molecule has 0 bridgehead atoms. The van der Waals surface area contributed by atoms with Crippen molar-refractivity contribution in [2.75, 3.05) is 13.2 Å². The lowest BCUT2D eigenvalue weighted by atomic mass is 10.0. The van der Waals surface area contributed by atoms with Crippen molar-refractivity contribution in [2.45, 2.75) is 26.3 Å². The van der Waals surface area contributed by atoms with Crippen molar-refractivity contribution in [2.24, 2.45) is 5.92 Å². The molecule has 0 heterocycles. The summed E-state index contributed by atoms with van der Waals surface area (Å²) in [4.78, 5) is 11.8. The molecule has 1 amide bonds. The van der Waals surface area contributed by atoms with Gasteiger partial charge in [-0.05, 0) is 30.5 Å². The van der Waals surface area contributed by atoms with Gasteiger partial charge in [0, 0.05) is 17.7 Å². The van der Waals surface area contributed by atoms with Crippen LogP contribution in [0.25, 0.3) is 0 Å². The highest BCUT2D eigenvalue weighted by Crippen LogP contribution is 2.27. The zero-order valence-corrected chi connectivity index (χ0v) is 13.0. The number of carbonyl (C=O) groups is 1. The number of carbonyl (C=O) groups excluding carboxylic acids is 1. The average molecular weight is 320 g/mol. The third-order valence-corrected chi connectivity index (χ3v) is 3.37. The van der Waals surface area contributed by atoms with E-state index in [1.54, 1.807) is 18.2 Å². The summed E-state index contributed by atoms with van der Waals surface area (Å²) in [5, 5.41) is 12.7. The lowest BCUT2D eigenvalue weighted by Gasteiger charge is -2.21. The molecule has 4 nitrogen and oxygen atoms in total. The summed E-state index contributed by atoms with van der Waals surface area (Å²) >= 11 is 11.7. The molecule has 0 spiro atoms. The van der Waals surface area contributed by atoms with E-state index in [4.69, 9.17) is 33.0 Å². The van der Waals surface area contributed by atoms with Crippen LogP contribution in [0, 0.1) is 5.92 Å². The molecule has 0 aromatic heterocycles. The Balaban J connectivity index is 2.50. The van der Waals surface area contributed by atoms with Gasteiger partial charge < -0.3 is 15.2 Å². The fraction of sp³-hybridized carbons (Fsp3) is 0.500. The van der Waals surface area contributed by atoms with E-state index in [0.717, 1.165) is 0 Å². The van der Waals surface area contributed by atoms with Gasteiger partial charge in [0.25, 0.3) is 5.91 Å². The molecular weight excluding hydrogens is 301 g/mol. The van der Waals surface area contributed by atoms with Crippen molar-refractivity contribution in [1.82, 2.24) is 5.32 Å². The molecule has 2 N–H and O–H groups in total. The van der Waals surface area contributed by atoms with Crippen LogP contribution in [0.4, 0.5) is 0 Å². The second kappa shape index (κ2) is 8.35. The third-order valence-electron chi connectivity index (χ3n) is 2.84. The fourth-order valence-corrected chi connectivity index (χ4v) is 2.16. The molecule has 1 aromatic carbocycles. The van der Waals surface area contributed by atoms with E-state index in [-0.39, 0.29) is 31.1 Å². The van der Waals surface area contributed by atoms with Gasteiger partial charge in [-0.15, -0.1) is 0 Å². The standard InChI is InChI=1S/C14H19Cl2NO3/c1-9(2)12(5-6-18)17-14(19)8-20-13-4-3-10(15)7-11(13)16/h3-4,7,9,12,18H,5-6,8H2,1-2H3,(H,17,19). The maximum absolute atomic E-state index is 11.8. The minimum absolute atomic E-state index is 0.0347. The van der Waals surface area contributed by atoms with Gasteiger partial charge in [0.05, 0.1) is 5.02 Å². The molecule has 1 atom stereocenters. The first-order chi connectivity index (χ1) is 9.43. The molecule has 6 heteroatoms. The lowest BCUT2D eigenvalue weighted by molar-refractivity contribution is -0.124. The largest absolute Gasteiger partial charge is 0.482 e. The highest BCUT2D eigenvalue weighted by atomic mass is 35.5. The van der Waals surface area contributed by atoms with Gasteiger partial charge in [0.2, 0.25) is 0 Å². The van der Waals surface area contributed by atoms with E-state index in [0.29, 0.717) is 22.2 Å². The Morgan fingerprint density at radius 1 is 1.40 bits per heavy atom. The van der Waals surface area contributed by atoms with Crippen molar-refractivity contribution in [3.05, 3.63) is 28.2 Å². The first-order valence-corrected chi connectivity index (χ1v) is 7.17. The van der Waals surface area contributed by atoms with Crippen molar-refractivity contribution >= 4 is 29.1 Å². The molecule has 0 fully saturated rings. The molecule has 112 valence electrons. The Labute approximate surface area is 129 Å². The van der Waals surface area contributed by atoms with Crippen molar-refractivity contribution < 1.29 is 14.6 Å².